The summed E-state index contributed by atoms with van der Waals surface area (Å²) in [7, 11) is 1.63. The first-order chi connectivity index (χ1) is 18.3. The lowest BCUT2D eigenvalue weighted by Gasteiger charge is -2.14. The second kappa shape index (κ2) is 12.6. The van der Waals surface area contributed by atoms with Crippen molar-refractivity contribution in [3.05, 3.63) is 74.5 Å². The monoisotopic (exact) mass is 552 g/mol. The summed E-state index contributed by atoms with van der Waals surface area (Å²) in [6.07, 6.45) is 4.92. The lowest BCUT2D eigenvalue weighted by molar-refractivity contribution is -0.122. The van der Waals surface area contributed by atoms with Gasteiger partial charge < -0.3 is 14.8 Å². The van der Waals surface area contributed by atoms with E-state index in [4.69, 9.17) is 26.7 Å². The molecule has 1 saturated heterocycles. The number of thiocarbonyl (C=S) groups is 1. The van der Waals surface area contributed by atoms with E-state index >= 15 is 0 Å². The maximum absolute atomic E-state index is 13.5. The smallest absolute Gasteiger partial charge is 0.267 e. The second-order valence-corrected chi connectivity index (χ2v) is 10.9. The molecule has 38 heavy (non-hydrogen) atoms. The molecule has 3 aromatic rings. The molecule has 1 N–H and O–H groups in total. The molecule has 0 spiro atoms. The number of hydrogen-bond acceptors (Lipinski definition) is 8. The number of thioether (sulfide) groups is 1. The highest BCUT2D eigenvalue weighted by Crippen LogP contribution is 2.33. The van der Waals surface area contributed by atoms with Gasteiger partial charge in [0.15, 0.2) is 0 Å². The molecule has 1 amide bonds. The predicted octanol–water partition coefficient (Wildman–Crippen LogP) is 4.68. The number of amides is 1. The fraction of sp³-hybridized carbons (Fsp3) is 0.357. The Hall–Kier alpha value is -3.21. The van der Waals surface area contributed by atoms with Gasteiger partial charge in [0.05, 0.1) is 23.7 Å². The molecule has 0 bridgehead atoms. The Kier molecular flexibility index (Phi) is 9.19. The number of rotatable bonds is 11. The van der Waals surface area contributed by atoms with Gasteiger partial charge in [-0.2, -0.15) is 0 Å². The van der Waals surface area contributed by atoms with Gasteiger partial charge in [-0.3, -0.25) is 18.9 Å². The van der Waals surface area contributed by atoms with Crippen LogP contribution in [-0.2, 0) is 16.0 Å². The molecule has 0 unspecified atom stereocenters. The van der Waals surface area contributed by atoms with Gasteiger partial charge in [-0.05, 0) is 69.0 Å². The van der Waals surface area contributed by atoms with Crippen molar-refractivity contribution in [1.29, 1.82) is 0 Å². The van der Waals surface area contributed by atoms with Crippen LogP contribution in [0.5, 0.6) is 5.75 Å². The number of fused-ring (bicyclic) bond motifs is 1. The third-order valence-electron chi connectivity index (χ3n) is 6.00. The highest BCUT2D eigenvalue weighted by molar-refractivity contribution is 8.26. The number of pyridine rings is 1. The molecule has 0 aliphatic carbocycles. The van der Waals surface area contributed by atoms with Gasteiger partial charge in [-0.1, -0.05) is 42.2 Å². The minimum atomic E-state index is -0.247. The normalized spacial score (nSPS) is 14.8. The second-order valence-electron chi connectivity index (χ2n) is 9.25. The summed E-state index contributed by atoms with van der Waals surface area (Å²) in [5.41, 5.74) is 2.62. The van der Waals surface area contributed by atoms with E-state index in [2.05, 4.69) is 5.32 Å². The highest BCUT2D eigenvalue weighted by Gasteiger charge is 2.32. The van der Waals surface area contributed by atoms with Gasteiger partial charge in [-0.25, -0.2) is 4.98 Å². The van der Waals surface area contributed by atoms with Crippen molar-refractivity contribution in [3.63, 3.8) is 0 Å². The number of aromatic nitrogens is 2. The number of nitrogens with zero attached hydrogens (tertiary/aromatic N) is 3. The Morgan fingerprint density at radius 1 is 1.16 bits per heavy atom. The summed E-state index contributed by atoms with van der Waals surface area (Å²) in [6, 6.07) is 11.5. The number of methoxy groups -OCH3 is 1. The number of nitrogens with one attached hydrogen (secondary N) is 1. The lowest BCUT2D eigenvalue weighted by Crippen LogP contribution is -2.30. The molecule has 4 rings (SSSR count). The van der Waals surface area contributed by atoms with Gasteiger partial charge >= 0.3 is 0 Å². The molecule has 0 radical (unpaired) electrons. The van der Waals surface area contributed by atoms with Crippen molar-refractivity contribution >= 4 is 51.7 Å². The molecule has 3 heterocycles. The molecule has 8 nitrogen and oxygen atoms in total. The average molecular weight is 553 g/mol. The Labute approximate surface area is 232 Å². The van der Waals surface area contributed by atoms with E-state index < -0.39 is 0 Å². The Morgan fingerprint density at radius 2 is 1.92 bits per heavy atom. The molecule has 10 heteroatoms. The minimum absolute atomic E-state index is 0.156. The third-order valence-corrected chi connectivity index (χ3v) is 7.38. The largest absolute Gasteiger partial charge is 0.497 e. The molecule has 0 atom stereocenters. The van der Waals surface area contributed by atoms with E-state index in [1.807, 2.05) is 57.2 Å². The Bertz CT molecular complexity index is 1420. The van der Waals surface area contributed by atoms with Crippen LogP contribution in [0.3, 0.4) is 0 Å². The number of benzene rings is 1. The molecule has 1 fully saturated rings. The van der Waals surface area contributed by atoms with Crippen LogP contribution in [0.25, 0.3) is 11.7 Å². The molecular formula is C28H32N4O4S2. The van der Waals surface area contributed by atoms with Gasteiger partial charge in [0, 0.05) is 25.9 Å². The van der Waals surface area contributed by atoms with Crippen molar-refractivity contribution in [2.24, 2.45) is 0 Å². The van der Waals surface area contributed by atoms with Gasteiger partial charge in [0.1, 0.15) is 21.5 Å². The first kappa shape index (κ1) is 27.8. The molecule has 200 valence electrons. The molecule has 1 aliphatic rings. The van der Waals surface area contributed by atoms with Crippen molar-refractivity contribution in [1.82, 2.24) is 14.3 Å². The maximum Gasteiger partial charge on any atom is 0.267 e. The minimum Gasteiger partial charge on any atom is -0.497 e. The van der Waals surface area contributed by atoms with Crippen molar-refractivity contribution < 1.29 is 14.3 Å². The van der Waals surface area contributed by atoms with Crippen LogP contribution in [0.1, 0.15) is 37.0 Å². The van der Waals surface area contributed by atoms with E-state index in [0.717, 1.165) is 23.3 Å². The molecule has 1 aromatic carbocycles. The zero-order chi connectivity index (χ0) is 27.2. The van der Waals surface area contributed by atoms with Crippen molar-refractivity contribution in [2.45, 2.75) is 39.7 Å². The van der Waals surface area contributed by atoms with E-state index in [0.29, 0.717) is 52.4 Å². The van der Waals surface area contributed by atoms with Crippen LogP contribution in [0.4, 0.5) is 5.82 Å². The summed E-state index contributed by atoms with van der Waals surface area (Å²) in [5, 5.41) is 3.28. The molecular weight excluding hydrogens is 520 g/mol. The van der Waals surface area contributed by atoms with E-state index in [-0.39, 0.29) is 17.6 Å². The fourth-order valence-electron chi connectivity index (χ4n) is 3.98. The summed E-state index contributed by atoms with van der Waals surface area (Å²) >= 11 is 6.73. The van der Waals surface area contributed by atoms with Gasteiger partial charge in [-0.15, -0.1) is 0 Å². The highest BCUT2D eigenvalue weighted by atomic mass is 32.2. The number of aryl methyl sites for hydroxylation is 1. The van der Waals surface area contributed by atoms with Crippen LogP contribution in [-0.4, -0.2) is 57.4 Å². The SMILES string of the molecule is COc1ccc(CCN2C(=O)/C(=C/c3c(NCCCOC(C)C)nc4ccc(C)cn4c3=O)SC2=S)cc1. The number of carbonyl (C=O) groups is 1. The first-order valence-corrected chi connectivity index (χ1v) is 13.8. The zero-order valence-corrected chi connectivity index (χ0v) is 23.7. The Balaban J connectivity index is 1.58. The summed E-state index contributed by atoms with van der Waals surface area (Å²) in [4.78, 5) is 33.5. The Morgan fingerprint density at radius 3 is 2.63 bits per heavy atom. The maximum atomic E-state index is 13.5. The van der Waals surface area contributed by atoms with Crippen molar-refractivity contribution in [2.75, 3.05) is 32.1 Å². The van der Waals surface area contributed by atoms with Crippen LogP contribution < -0.4 is 15.6 Å². The summed E-state index contributed by atoms with van der Waals surface area (Å²) in [6.45, 7) is 7.52. The van der Waals surface area contributed by atoms with Crippen LogP contribution in [0.2, 0.25) is 0 Å². The first-order valence-electron chi connectivity index (χ1n) is 12.5. The number of hydrogen-bond donors (Lipinski definition) is 1. The standard InChI is InChI=1S/C28H32N4O4S2/c1-18(2)36-15-5-13-29-25-22(26(33)32-17-19(3)6-11-24(32)30-25)16-23-27(34)31(28(37)38-23)14-12-20-7-9-21(35-4)10-8-20/h6-11,16-18,29H,5,12-15H2,1-4H3/b23-16-. The van der Waals surface area contributed by atoms with E-state index in [1.165, 1.54) is 16.2 Å². The van der Waals surface area contributed by atoms with E-state index in [1.54, 1.807) is 24.3 Å². The van der Waals surface area contributed by atoms with Gasteiger partial charge in [0.2, 0.25) is 0 Å². The number of ether oxygens (including phenoxy) is 2. The average Bonchev–Trinajstić information content (AvgIpc) is 3.16. The van der Waals surface area contributed by atoms with Crippen LogP contribution >= 0.6 is 24.0 Å². The summed E-state index contributed by atoms with van der Waals surface area (Å²) < 4.78 is 12.8. The van der Waals surface area contributed by atoms with Crippen molar-refractivity contribution in [3.8, 4) is 5.75 Å². The predicted molar refractivity (Wildman–Crippen MR) is 157 cm³/mol. The lowest BCUT2D eigenvalue weighted by atomic mass is 10.1. The van der Waals surface area contributed by atoms with Crippen LogP contribution in [0, 0.1) is 6.92 Å². The molecule has 1 aliphatic heterocycles. The topological polar surface area (TPSA) is 85.2 Å². The number of anilines is 1. The van der Waals surface area contributed by atoms with Gasteiger partial charge in [0.25, 0.3) is 11.5 Å². The molecule has 0 saturated carbocycles. The third kappa shape index (κ3) is 6.61. The summed E-state index contributed by atoms with van der Waals surface area (Å²) in [5.74, 6) is 1.01. The van der Waals surface area contributed by atoms with E-state index in [9.17, 15) is 9.59 Å². The van der Waals surface area contributed by atoms with Crippen LogP contribution in [0.15, 0.2) is 52.3 Å². The fourth-order valence-corrected chi connectivity index (χ4v) is 5.27. The number of carbonyl (C=O) groups excluding carboxylic acids is 1. The quantitative estimate of drug-likeness (QED) is 0.209. The molecule has 2 aromatic heterocycles. The zero-order valence-electron chi connectivity index (χ0n) is 22.0.